The fraction of sp³-hybridized carbons (Fsp3) is 0.636. The van der Waals surface area contributed by atoms with Crippen LogP contribution in [-0.2, 0) is 10.0 Å². The SMILES string of the molecule is N=C(N)C1(NS(=O)(=O)c2cnc[nH]2)CCCCCC1. The van der Waals surface area contributed by atoms with Crippen molar-refractivity contribution in [2.24, 2.45) is 5.73 Å². The molecule has 1 fully saturated rings. The van der Waals surface area contributed by atoms with Crippen LogP contribution in [0, 0.1) is 5.41 Å². The summed E-state index contributed by atoms with van der Waals surface area (Å²) in [5.74, 6) is -0.113. The summed E-state index contributed by atoms with van der Waals surface area (Å²) in [6, 6.07) is 0. The summed E-state index contributed by atoms with van der Waals surface area (Å²) < 4.78 is 27.1. The Hall–Kier alpha value is -1.41. The molecule has 0 radical (unpaired) electrons. The molecule has 0 unspecified atom stereocenters. The second-order valence-corrected chi connectivity index (χ2v) is 6.58. The van der Waals surface area contributed by atoms with E-state index in [-0.39, 0.29) is 10.9 Å². The fourth-order valence-corrected chi connectivity index (χ4v) is 3.81. The van der Waals surface area contributed by atoms with Crippen LogP contribution >= 0.6 is 0 Å². The van der Waals surface area contributed by atoms with Crippen LogP contribution in [0.3, 0.4) is 0 Å². The summed E-state index contributed by atoms with van der Waals surface area (Å²) in [6.45, 7) is 0. The zero-order valence-corrected chi connectivity index (χ0v) is 11.5. The first-order valence-corrected chi connectivity index (χ1v) is 7.81. The van der Waals surface area contributed by atoms with Gasteiger partial charge in [0, 0.05) is 0 Å². The molecule has 1 aliphatic carbocycles. The molecule has 1 aliphatic rings. The Morgan fingerprint density at radius 1 is 1.37 bits per heavy atom. The highest BCUT2D eigenvalue weighted by molar-refractivity contribution is 7.89. The molecule has 8 heteroatoms. The first kappa shape index (κ1) is 14.0. The predicted molar refractivity (Wildman–Crippen MR) is 71.3 cm³/mol. The third-order valence-corrected chi connectivity index (χ3v) is 5.03. The van der Waals surface area contributed by atoms with Crippen LogP contribution in [0.4, 0.5) is 0 Å². The molecule has 1 aromatic heterocycles. The summed E-state index contributed by atoms with van der Waals surface area (Å²) in [7, 11) is -3.73. The van der Waals surface area contributed by atoms with Gasteiger partial charge >= 0.3 is 0 Å². The van der Waals surface area contributed by atoms with Gasteiger partial charge in [-0.2, -0.15) is 4.72 Å². The van der Waals surface area contributed by atoms with Gasteiger partial charge in [0.15, 0.2) is 5.03 Å². The molecule has 0 aliphatic heterocycles. The molecule has 0 aromatic carbocycles. The number of amidine groups is 1. The smallest absolute Gasteiger partial charge is 0.258 e. The van der Waals surface area contributed by atoms with Crippen molar-refractivity contribution in [2.75, 3.05) is 0 Å². The molecule has 0 amide bonds. The lowest BCUT2D eigenvalue weighted by atomic mass is 9.90. The van der Waals surface area contributed by atoms with Gasteiger partial charge < -0.3 is 10.7 Å². The third-order valence-electron chi connectivity index (χ3n) is 3.57. The van der Waals surface area contributed by atoms with Crippen LogP contribution < -0.4 is 10.5 Å². The van der Waals surface area contributed by atoms with Crippen molar-refractivity contribution < 1.29 is 8.42 Å². The molecule has 1 saturated carbocycles. The summed E-state index contributed by atoms with van der Waals surface area (Å²) in [5, 5.41) is 7.76. The maximum Gasteiger partial charge on any atom is 0.258 e. The van der Waals surface area contributed by atoms with Crippen LogP contribution in [0.1, 0.15) is 38.5 Å². The number of nitrogens with zero attached hydrogens (tertiary/aromatic N) is 1. The minimum Gasteiger partial charge on any atom is -0.386 e. The first-order chi connectivity index (χ1) is 8.96. The van der Waals surface area contributed by atoms with E-state index in [1.165, 1.54) is 12.5 Å². The lowest BCUT2D eigenvalue weighted by molar-refractivity contribution is 0.433. The second kappa shape index (κ2) is 5.30. The van der Waals surface area contributed by atoms with Crippen LogP contribution in [0.15, 0.2) is 17.6 Å². The Balaban J connectivity index is 2.28. The highest BCUT2D eigenvalue weighted by Crippen LogP contribution is 2.28. The van der Waals surface area contributed by atoms with Crippen LogP contribution in [0.2, 0.25) is 0 Å². The lowest BCUT2D eigenvalue weighted by Crippen LogP contribution is -2.56. The minimum absolute atomic E-state index is 0.00243. The van der Waals surface area contributed by atoms with E-state index in [9.17, 15) is 8.42 Å². The number of nitrogens with two attached hydrogens (primary N) is 1. The average Bonchev–Trinajstić information content (AvgIpc) is 2.78. The van der Waals surface area contributed by atoms with Gasteiger partial charge in [0.1, 0.15) is 5.84 Å². The summed E-state index contributed by atoms with van der Waals surface area (Å²) in [5.41, 5.74) is 4.70. The monoisotopic (exact) mass is 285 g/mol. The molecule has 0 bridgehead atoms. The van der Waals surface area contributed by atoms with Crippen molar-refractivity contribution in [3.63, 3.8) is 0 Å². The predicted octanol–water partition coefficient (Wildman–Crippen LogP) is 0.717. The van der Waals surface area contributed by atoms with Gasteiger partial charge in [-0.3, -0.25) is 5.41 Å². The number of hydrogen-bond donors (Lipinski definition) is 4. The zero-order chi connectivity index (χ0) is 13.9. The number of hydrogen-bond acceptors (Lipinski definition) is 4. The maximum atomic E-state index is 12.2. The van der Waals surface area contributed by atoms with Crippen molar-refractivity contribution in [1.82, 2.24) is 14.7 Å². The van der Waals surface area contributed by atoms with Crippen molar-refractivity contribution in [1.29, 1.82) is 5.41 Å². The molecule has 106 valence electrons. The Kier molecular flexibility index (Phi) is 3.91. The fourth-order valence-electron chi connectivity index (χ4n) is 2.46. The number of nitrogens with one attached hydrogen (secondary N) is 3. The maximum absolute atomic E-state index is 12.2. The molecule has 1 aromatic rings. The minimum atomic E-state index is -3.73. The van der Waals surface area contributed by atoms with E-state index in [0.29, 0.717) is 12.8 Å². The molecule has 0 atom stereocenters. The van der Waals surface area contributed by atoms with E-state index in [1.807, 2.05) is 0 Å². The van der Waals surface area contributed by atoms with E-state index in [4.69, 9.17) is 11.1 Å². The van der Waals surface area contributed by atoms with Crippen molar-refractivity contribution in [2.45, 2.75) is 49.1 Å². The van der Waals surface area contributed by atoms with E-state index in [1.54, 1.807) is 0 Å². The summed E-state index contributed by atoms with van der Waals surface area (Å²) in [6.07, 6.45) is 7.50. The quantitative estimate of drug-likeness (QED) is 0.369. The molecule has 1 heterocycles. The lowest BCUT2D eigenvalue weighted by Gasteiger charge is -2.31. The van der Waals surface area contributed by atoms with Crippen LogP contribution in [-0.4, -0.2) is 29.8 Å². The molecule has 2 rings (SSSR count). The van der Waals surface area contributed by atoms with E-state index < -0.39 is 15.6 Å². The van der Waals surface area contributed by atoms with Gasteiger partial charge in [-0.15, -0.1) is 0 Å². The molecular formula is C11H19N5O2S. The summed E-state index contributed by atoms with van der Waals surface area (Å²) >= 11 is 0. The molecule has 0 saturated heterocycles. The van der Waals surface area contributed by atoms with Gasteiger partial charge in [-0.05, 0) is 12.8 Å². The zero-order valence-electron chi connectivity index (χ0n) is 10.6. The third kappa shape index (κ3) is 2.95. The standard InChI is InChI=1S/C11H19N5O2S/c12-10(13)11(5-3-1-2-4-6-11)16-19(17,18)9-7-14-8-15-9/h7-8,16H,1-6H2,(H3,12,13)(H,14,15). The van der Waals surface area contributed by atoms with Gasteiger partial charge in [0.05, 0.1) is 18.1 Å². The summed E-state index contributed by atoms with van der Waals surface area (Å²) in [4.78, 5) is 6.27. The van der Waals surface area contributed by atoms with Crippen LogP contribution in [0.25, 0.3) is 0 Å². The van der Waals surface area contributed by atoms with Gasteiger partial charge in [0.25, 0.3) is 10.0 Å². The number of imidazole rings is 1. The molecular weight excluding hydrogens is 266 g/mol. The largest absolute Gasteiger partial charge is 0.386 e. The van der Waals surface area contributed by atoms with E-state index in [0.717, 1.165) is 25.7 Å². The Morgan fingerprint density at radius 3 is 2.47 bits per heavy atom. The highest BCUT2D eigenvalue weighted by atomic mass is 32.2. The number of H-pyrrole nitrogens is 1. The average molecular weight is 285 g/mol. The Labute approximate surface area is 112 Å². The highest BCUT2D eigenvalue weighted by Gasteiger charge is 2.38. The first-order valence-electron chi connectivity index (χ1n) is 6.33. The number of sulfonamides is 1. The Bertz CT molecular complexity index is 529. The normalized spacial score (nSPS) is 19.8. The van der Waals surface area contributed by atoms with E-state index in [2.05, 4.69) is 14.7 Å². The molecule has 7 nitrogen and oxygen atoms in total. The number of aromatic amines is 1. The van der Waals surface area contributed by atoms with Crippen molar-refractivity contribution in [3.8, 4) is 0 Å². The van der Waals surface area contributed by atoms with Crippen LogP contribution in [0.5, 0.6) is 0 Å². The van der Waals surface area contributed by atoms with Crippen molar-refractivity contribution >= 4 is 15.9 Å². The van der Waals surface area contributed by atoms with Gasteiger partial charge in [-0.25, -0.2) is 13.4 Å². The van der Waals surface area contributed by atoms with Gasteiger partial charge in [0.2, 0.25) is 0 Å². The Morgan fingerprint density at radius 2 is 2.00 bits per heavy atom. The second-order valence-electron chi connectivity index (χ2n) is 4.93. The van der Waals surface area contributed by atoms with Gasteiger partial charge in [-0.1, -0.05) is 25.7 Å². The number of aromatic nitrogens is 2. The topological polar surface area (TPSA) is 125 Å². The molecule has 5 N–H and O–H groups in total. The molecule has 0 spiro atoms. The van der Waals surface area contributed by atoms with Crippen molar-refractivity contribution in [3.05, 3.63) is 12.5 Å². The van der Waals surface area contributed by atoms with E-state index >= 15 is 0 Å². The molecule has 19 heavy (non-hydrogen) atoms. The number of rotatable bonds is 4.